The Balaban J connectivity index is 1.57. The Hall–Kier alpha value is -3.28. The fraction of sp³-hybridized carbons (Fsp3) is 0.346. The molecule has 202 valence electrons. The smallest absolute Gasteiger partial charge is 0.264 e. The SMILES string of the molecule is CC(=N)c1c(N)nc(-c2ccc(NS(=O)(=O)c3cc(Cl)ccc3F)cc2)nc1OC1CCN(C(C)C)CC1. The van der Waals surface area contributed by atoms with E-state index in [4.69, 9.17) is 27.5 Å². The summed E-state index contributed by atoms with van der Waals surface area (Å²) in [6.07, 6.45) is 1.60. The van der Waals surface area contributed by atoms with Crippen LogP contribution in [0.15, 0.2) is 47.4 Å². The van der Waals surface area contributed by atoms with Gasteiger partial charge in [-0.3, -0.25) is 4.72 Å². The number of hydrogen-bond donors (Lipinski definition) is 3. The maximum atomic E-state index is 14.1. The maximum Gasteiger partial charge on any atom is 0.264 e. The van der Waals surface area contributed by atoms with Gasteiger partial charge in [-0.05, 0) is 76.1 Å². The summed E-state index contributed by atoms with van der Waals surface area (Å²) in [5, 5.41) is 8.26. The predicted octanol–water partition coefficient (Wildman–Crippen LogP) is 4.96. The zero-order valence-corrected chi connectivity index (χ0v) is 22.9. The first-order valence-corrected chi connectivity index (χ1v) is 14.0. The van der Waals surface area contributed by atoms with Crippen LogP contribution in [0.25, 0.3) is 11.4 Å². The summed E-state index contributed by atoms with van der Waals surface area (Å²) in [5.41, 5.74) is 7.53. The van der Waals surface area contributed by atoms with E-state index in [1.807, 2.05) is 0 Å². The lowest BCUT2D eigenvalue weighted by Crippen LogP contribution is -2.42. The molecule has 0 spiro atoms. The third-order valence-electron chi connectivity index (χ3n) is 6.34. The van der Waals surface area contributed by atoms with Gasteiger partial charge in [0, 0.05) is 41.1 Å². The molecule has 1 saturated heterocycles. The zero-order chi connectivity index (χ0) is 27.6. The van der Waals surface area contributed by atoms with Gasteiger partial charge in [-0.1, -0.05) is 11.6 Å². The van der Waals surface area contributed by atoms with E-state index in [-0.39, 0.29) is 40.0 Å². The summed E-state index contributed by atoms with van der Waals surface area (Å²) >= 11 is 5.84. The quantitative estimate of drug-likeness (QED) is 0.331. The molecule has 2 heterocycles. The summed E-state index contributed by atoms with van der Waals surface area (Å²) in [5.74, 6) is -0.258. The van der Waals surface area contributed by atoms with Crippen LogP contribution in [-0.2, 0) is 10.0 Å². The molecule has 0 atom stereocenters. The van der Waals surface area contributed by atoms with Crippen molar-refractivity contribution < 1.29 is 17.5 Å². The number of ether oxygens (including phenoxy) is 1. The van der Waals surface area contributed by atoms with Crippen LogP contribution in [0.2, 0.25) is 5.02 Å². The summed E-state index contributed by atoms with van der Waals surface area (Å²) in [7, 11) is -4.21. The minimum absolute atomic E-state index is 0.0612. The molecule has 0 unspecified atom stereocenters. The molecule has 0 saturated carbocycles. The standard InChI is InChI=1S/C26H30ClFN6O3S/c1-15(2)34-12-10-20(11-13-34)37-26-23(16(3)29)24(30)31-25(32-26)17-4-7-19(8-5-17)33-38(35,36)22-14-18(27)6-9-21(22)28/h4-9,14-15,20,29,33H,10-13H2,1-3H3,(H2,30,31,32). The van der Waals surface area contributed by atoms with Crippen molar-refractivity contribution in [3.05, 3.63) is 58.9 Å². The van der Waals surface area contributed by atoms with Crippen LogP contribution in [0.5, 0.6) is 5.88 Å². The van der Waals surface area contributed by atoms with Crippen molar-refractivity contribution >= 4 is 38.8 Å². The van der Waals surface area contributed by atoms with Crippen LogP contribution in [-0.4, -0.2) is 54.2 Å². The average molecular weight is 561 g/mol. The van der Waals surface area contributed by atoms with E-state index < -0.39 is 20.7 Å². The molecule has 1 aliphatic rings. The van der Waals surface area contributed by atoms with Crippen molar-refractivity contribution in [2.75, 3.05) is 23.5 Å². The monoisotopic (exact) mass is 560 g/mol. The van der Waals surface area contributed by atoms with Crippen molar-refractivity contribution in [2.45, 2.75) is 50.7 Å². The highest BCUT2D eigenvalue weighted by molar-refractivity contribution is 7.92. The molecular formula is C26H30ClFN6O3S. The number of benzene rings is 2. The second-order valence-electron chi connectivity index (χ2n) is 9.44. The number of hydrogen-bond acceptors (Lipinski definition) is 8. The van der Waals surface area contributed by atoms with E-state index >= 15 is 0 Å². The Morgan fingerprint density at radius 1 is 1.18 bits per heavy atom. The van der Waals surface area contributed by atoms with Crippen LogP contribution >= 0.6 is 11.6 Å². The van der Waals surface area contributed by atoms with Crippen LogP contribution in [0.3, 0.4) is 0 Å². The van der Waals surface area contributed by atoms with Gasteiger partial charge in [-0.2, -0.15) is 4.98 Å². The number of nitrogens with one attached hydrogen (secondary N) is 2. The van der Waals surface area contributed by atoms with Gasteiger partial charge in [0.05, 0.1) is 5.56 Å². The van der Waals surface area contributed by atoms with E-state index in [1.54, 1.807) is 19.1 Å². The third-order valence-corrected chi connectivity index (χ3v) is 7.97. The number of nitrogen functional groups attached to an aromatic ring is 1. The number of sulfonamides is 1. The number of aromatic nitrogens is 2. The lowest BCUT2D eigenvalue weighted by atomic mass is 10.1. The van der Waals surface area contributed by atoms with Gasteiger partial charge >= 0.3 is 0 Å². The summed E-state index contributed by atoms with van der Waals surface area (Å²) in [6, 6.07) is 10.0. The fourth-order valence-corrected chi connectivity index (χ4v) is 5.67. The normalized spacial score (nSPS) is 15.0. The molecule has 1 aliphatic heterocycles. The minimum Gasteiger partial charge on any atom is -0.474 e. The van der Waals surface area contributed by atoms with Crippen molar-refractivity contribution in [1.29, 1.82) is 5.41 Å². The highest BCUT2D eigenvalue weighted by atomic mass is 35.5. The number of nitrogens with zero attached hydrogens (tertiary/aromatic N) is 3. The Morgan fingerprint density at radius 2 is 1.84 bits per heavy atom. The molecule has 0 bridgehead atoms. The fourth-order valence-electron chi connectivity index (χ4n) is 4.27. The molecule has 0 aliphatic carbocycles. The Labute approximate surface area is 226 Å². The number of anilines is 2. The molecule has 12 heteroatoms. The largest absolute Gasteiger partial charge is 0.474 e. The van der Waals surface area contributed by atoms with Gasteiger partial charge in [0.1, 0.15) is 22.6 Å². The van der Waals surface area contributed by atoms with Gasteiger partial charge in [0.2, 0.25) is 5.88 Å². The Kier molecular flexibility index (Phi) is 8.19. The first kappa shape index (κ1) is 27.7. The second-order valence-corrected chi connectivity index (χ2v) is 11.5. The summed E-state index contributed by atoms with van der Waals surface area (Å²) in [4.78, 5) is 10.8. The molecule has 1 aromatic heterocycles. The van der Waals surface area contributed by atoms with Crippen molar-refractivity contribution in [2.24, 2.45) is 0 Å². The lowest BCUT2D eigenvalue weighted by Gasteiger charge is -2.34. The second kappa shape index (κ2) is 11.2. The van der Waals surface area contributed by atoms with E-state index in [0.29, 0.717) is 17.2 Å². The number of rotatable bonds is 8. The first-order valence-electron chi connectivity index (χ1n) is 12.2. The number of halogens is 2. The van der Waals surface area contributed by atoms with Gasteiger partial charge in [-0.15, -0.1) is 0 Å². The number of piperidine rings is 1. The lowest BCUT2D eigenvalue weighted by molar-refractivity contribution is 0.0812. The van der Waals surface area contributed by atoms with Gasteiger partial charge in [0.15, 0.2) is 5.82 Å². The van der Waals surface area contributed by atoms with Crippen molar-refractivity contribution in [3.63, 3.8) is 0 Å². The highest BCUT2D eigenvalue weighted by Gasteiger charge is 2.25. The number of likely N-dealkylation sites (tertiary alicyclic amines) is 1. The van der Waals surface area contributed by atoms with Crippen LogP contribution < -0.4 is 15.2 Å². The number of nitrogens with two attached hydrogens (primary N) is 1. The van der Waals surface area contributed by atoms with Crippen LogP contribution in [0, 0.1) is 11.2 Å². The molecule has 2 aromatic carbocycles. The van der Waals surface area contributed by atoms with Gasteiger partial charge in [-0.25, -0.2) is 17.8 Å². The van der Waals surface area contributed by atoms with Crippen molar-refractivity contribution in [3.8, 4) is 17.3 Å². The molecular weight excluding hydrogens is 531 g/mol. The molecule has 1 fully saturated rings. The molecule has 0 amide bonds. The van der Waals surface area contributed by atoms with E-state index in [2.05, 4.69) is 33.4 Å². The summed E-state index contributed by atoms with van der Waals surface area (Å²) < 4.78 is 48.0. The average Bonchev–Trinajstić information content (AvgIpc) is 2.85. The van der Waals surface area contributed by atoms with E-state index in [9.17, 15) is 12.8 Å². The summed E-state index contributed by atoms with van der Waals surface area (Å²) in [6.45, 7) is 7.75. The highest BCUT2D eigenvalue weighted by Crippen LogP contribution is 2.30. The van der Waals surface area contributed by atoms with Crippen molar-refractivity contribution in [1.82, 2.24) is 14.9 Å². The van der Waals surface area contributed by atoms with Crippen LogP contribution in [0.4, 0.5) is 15.9 Å². The van der Waals surface area contributed by atoms with E-state index in [1.165, 1.54) is 18.2 Å². The molecule has 38 heavy (non-hydrogen) atoms. The maximum absolute atomic E-state index is 14.1. The van der Waals surface area contributed by atoms with E-state index in [0.717, 1.165) is 38.1 Å². The Morgan fingerprint density at radius 3 is 2.45 bits per heavy atom. The molecule has 9 nitrogen and oxygen atoms in total. The zero-order valence-electron chi connectivity index (χ0n) is 21.3. The molecule has 4 rings (SSSR count). The predicted molar refractivity (Wildman–Crippen MR) is 147 cm³/mol. The topological polar surface area (TPSA) is 134 Å². The minimum atomic E-state index is -4.21. The third kappa shape index (κ3) is 6.23. The van der Waals surface area contributed by atoms with Gasteiger partial charge in [0.25, 0.3) is 10.0 Å². The molecule has 3 aromatic rings. The van der Waals surface area contributed by atoms with Gasteiger partial charge < -0.3 is 20.8 Å². The van der Waals surface area contributed by atoms with Crippen LogP contribution in [0.1, 0.15) is 39.2 Å². The molecule has 4 N–H and O–H groups in total. The molecule has 0 radical (unpaired) electrons. The Bertz CT molecular complexity index is 1440. The first-order chi connectivity index (χ1) is 17.9.